The van der Waals surface area contributed by atoms with Crippen molar-refractivity contribution in [2.24, 2.45) is 0 Å². The molecule has 2 heterocycles. The van der Waals surface area contributed by atoms with Gasteiger partial charge in [-0.2, -0.15) is 0 Å². The van der Waals surface area contributed by atoms with E-state index in [9.17, 15) is 4.79 Å². The Kier molecular flexibility index (Phi) is 3.19. The van der Waals surface area contributed by atoms with Gasteiger partial charge in [-0.3, -0.25) is 9.78 Å². The second kappa shape index (κ2) is 5.36. The summed E-state index contributed by atoms with van der Waals surface area (Å²) in [4.78, 5) is 15.5. The second-order valence-corrected chi connectivity index (χ2v) is 5.82. The first-order valence-corrected chi connectivity index (χ1v) is 7.64. The maximum absolute atomic E-state index is 10.9. The van der Waals surface area contributed by atoms with Crippen molar-refractivity contribution in [3.8, 4) is 0 Å². The van der Waals surface area contributed by atoms with Gasteiger partial charge in [0.25, 0.3) is 0 Å². The van der Waals surface area contributed by atoms with Gasteiger partial charge in [-0.05, 0) is 48.9 Å². The van der Waals surface area contributed by atoms with E-state index in [1.807, 2.05) is 37.3 Å². The van der Waals surface area contributed by atoms with Crippen LogP contribution in [0.5, 0.6) is 0 Å². The zero-order valence-electron chi connectivity index (χ0n) is 12.9. The van der Waals surface area contributed by atoms with E-state index in [0.717, 1.165) is 34.9 Å². The second-order valence-electron chi connectivity index (χ2n) is 5.82. The number of carbonyl (C=O) groups excluding carboxylic acids is 1. The highest BCUT2D eigenvalue weighted by atomic mass is 16.1. The Morgan fingerprint density at radius 1 is 1.09 bits per heavy atom. The molecule has 0 fully saturated rings. The fraction of sp³-hybridized carbons (Fsp3) is 0.100. The molecule has 0 saturated heterocycles. The summed E-state index contributed by atoms with van der Waals surface area (Å²) in [5.41, 5.74) is 5.15. The van der Waals surface area contributed by atoms with Crippen LogP contribution in [0.15, 0.2) is 60.8 Å². The lowest BCUT2D eigenvalue weighted by molar-refractivity contribution is 0.112. The van der Waals surface area contributed by atoms with Crippen LogP contribution in [-0.4, -0.2) is 15.8 Å². The summed E-state index contributed by atoms with van der Waals surface area (Å²) >= 11 is 0. The predicted octanol–water partition coefficient (Wildman–Crippen LogP) is 4.36. The first-order valence-electron chi connectivity index (χ1n) is 7.64. The third-order valence-electron chi connectivity index (χ3n) is 4.20. The highest BCUT2D eigenvalue weighted by molar-refractivity contribution is 5.88. The minimum Gasteiger partial charge on any atom is -0.343 e. The zero-order chi connectivity index (χ0) is 15.8. The monoisotopic (exact) mass is 300 g/mol. The van der Waals surface area contributed by atoms with E-state index in [0.29, 0.717) is 5.56 Å². The molecule has 4 rings (SSSR count). The van der Waals surface area contributed by atoms with Crippen molar-refractivity contribution in [3.63, 3.8) is 0 Å². The number of pyridine rings is 1. The van der Waals surface area contributed by atoms with Crippen molar-refractivity contribution in [3.05, 3.63) is 77.6 Å². The number of benzene rings is 2. The summed E-state index contributed by atoms with van der Waals surface area (Å²) in [6, 6.07) is 18.2. The Morgan fingerprint density at radius 2 is 1.96 bits per heavy atom. The molecule has 0 unspecified atom stereocenters. The predicted molar refractivity (Wildman–Crippen MR) is 92.9 cm³/mol. The van der Waals surface area contributed by atoms with Crippen molar-refractivity contribution in [1.82, 2.24) is 9.55 Å². The topological polar surface area (TPSA) is 34.9 Å². The molecule has 0 bridgehead atoms. The summed E-state index contributed by atoms with van der Waals surface area (Å²) in [6.45, 7) is 2.81. The van der Waals surface area contributed by atoms with Gasteiger partial charge in [-0.25, -0.2) is 0 Å². The molecule has 0 N–H and O–H groups in total. The number of aromatic nitrogens is 2. The summed E-state index contributed by atoms with van der Waals surface area (Å²) in [5.74, 6) is 0. The molecule has 0 aliphatic rings. The van der Waals surface area contributed by atoms with E-state index in [1.165, 1.54) is 10.9 Å². The van der Waals surface area contributed by atoms with Crippen LogP contribution in [0.25, 0.3) is 21.8 Å². The van der Waals surface area contributed by atoms with Crippen LogP contribution in [0, 0.1) is 6.92 Å². The van der Waals surface area contributed by atoms with Gasteiger partial charge in [0.05, 0.1) is 5.52 Å². The summed E-state index contributed by atoms with van der Waals surface area (Å²) in [6.07, 6.45) is 2.96. The molecule has 23 heavy (non-hydrogen) atoms. The van der Waals surface area contributed by atoms with E-state index in [2.05, 4.69) is 40.0 Å². The standard InChI is InChI=1S/C20H16N2O/c1-14-10-17(18-4-2-3-5-19(18)21-14)12-22-9-8-16-11-15(13-23)6-7-20(16)22/h2-11,13H,12H2,1H3. The Labute approximate surface area is 134 Å². The molecule has 3 nitrogen and oxygen atoms in total. The Bertz CT molecular complexity index is 1030. The van der Waals surface area contributed by atoms with Crippen molar-refractivity contribution in [1.29, 1.82) is 0 Å². The SMILES string of the molecule is Cc1cc(Cn2ccc3cc(C=O)ccc32)c2ccccc2n1. The van der Waals surface area contributed by atoms with Gasteiger partial charge in [-0.1, -0.05) is 18.2 Å². The van der Waals surface area contributed by atoms with Crippen LogP contribution < -0.4 is 0 Å². The lowest BCUT2D eigenvalue weighted by Crippen LogP contribution is -2.00. The first-order chi connectivity index (χ1) is 11.2. The smallest absolute Gasteiger partial charge is 0.150 e. The molecule has 3 heteroatoms. The lowest BCUT2D eigenvalue weighted by Gasteiger charge is -2.10. The van der Waals surface area contributed by atoms with Crippen molar-refractivity contribution < 1.29 is 4.79 Å². The number of para-hydroxylation sites is 1. The molecule has 0 aliphatic carbocycles. The highest BCUT2D eigenvalue weighted by Crippen LogP contribution is 2.23. The quantitative estimate of drug-likeness (QED) is 0.527. The van der Waals surface area contributed by atoms with Gasteiger partial charge in [0.15, 0.2) is 0 Å². The molecule has 0 radical (unpaired) electrons. The van der Waals surface area contributed by atoms with Gasteiger partial charge in [0.2, 0.25) is 0 Å². The largest absolute Gasteiger partial charge is 0.343 e. The number of rotatable bonds is 3. The number of carbonyl (C=O) groups is 1. The zero-order valence-corrected chi connectivity index (χ0v) is 12.9. The highest BCUT2D eigenvalue weighted by Gasteiger charge is 2.07. The van der Waals surface area contributed by atoms with Crippen molar-refractivity contribution in [2.45, 2.75) is 13.5 Å². The summed E-state index contributed by atoms with van der Waals surface area (Å²) < 4.78 is 2.21. The van der Waals surface area contributed by atoms with E-state index in [4.69, 9.17) is 0 Å². The number of aryl methyl sites for hydroxylation is 1. The summed E-state index contributed by atoms with van der Waals surface area (Å²) in [7, 11) is 0. The Morgan fingerprint density at radius 3 is 2.83 bits per heavy atom. The molecule has 0 saturated carbocycles. The fourth-order valence-electron chi connectivity index (χ4n) is 3.14. The van der Waals surface area contributed by atoms with Crippen molar-refractivity contribution >= 4 is 28.1 Å². The van der Waals surface area contributed by atoms with Crippen LogP contribution in [0.1, 0.15) is 21.6 Å². The number of hydrogen-bond acceptors (Lipinski definition) is 2. The van der Waals surface area contributed by atoms with Gasteiger partial charge < -0.3 is 4.57 Å². The molecule has 2 aromatic heterocycles. The Balaban J connectivity index is 1.83. The van der Waals surface area contributed by atoms with Gasteiger partial charge in [-0.15, -0.1) is 0 Å². The molecule has 2 aromatic carbocycles. The van der Waals surface area contributed by atoms with Gasteiger partial charge >= 0.3 is 0 Å². The maximum atomic E-state index is 10.9. The fourth-order valence-corrected chi connectivity index (χ4v) is 3.14. The third kappa shape index (κ3) is 2.40. The molecule has 4 aromatic rings. The molecule has 0 aliphatic heterocycles. The minimum atomic E-state index is 0.709. The molecule has 0 atom stereocenters. The van der Waals surface area contributed by atoms with Gasteiger partial charge in [0, 0.05) is 40.3 Å². The van der Waals surface area contributed by atoms with E-state index >= 15 is 0 Å². The number of fused-ring (bicyclic) bond motifs is 2. The van der Waals surface area contributed by atoms with E-state index in [1.54, 1.807) is 0 Å². The van der Waals surface area contributed by atoms with Crippen LogP contribution in [-0.2, 0) is 6.54 Å². The summed E-state index contributed by atoms with van der Waals surface area (Å²) in [5, 5.41) is 2.27. The lowest BCUT2D eigenvalue weighted by atomic mass is 10.1. The molecule has 0 spiro atoms. The van der Waals surface area contributed by atoms with Crippen molar-refractivity contribution in [2.75, 3.05) is 0 Å². The minimum absolute atomic E-state index is 0.709. The van der Waals surface area contributed by atoms with E-state index < -0.39 is 0 Å². The molecular weight excluding hydrogens is 284 g/mol. The average Bonchev–Trinajstić information content (AvgIpc) is 2.97. The van der Waals surface area contributed by atoms with Crippen LogP contribution >= 0.6 is 0 Å². The molecule has 0 amide bonds. The average molecular weight is 300 g/mol. The van der Waals surface area contributed by atoms with E-state index in [-0.39, 0.29) is 0 Å². The number of aldehydes is 1. The van der Waals surface area contributed by atoms with Gasteiger partial charge in [0.1, 0.15) is 6.29 Å². The maximum Gasteiger partial charge on any atom is 0.150 e. The Hall–Kier alpha value is -2.94. The molecular formula is C20H16N2O. The van der Waals surface area contributed by atoms with Crippen LogP contribution in [0.3, 0.4) is 0 Å². The first kappa shape index (κ1) is 13.7. The number of nitrogens with zero attached hydrogens (tertiary/aromatic N) is 2. The molecule has 112 valence electrons. The normalized spacial score (nSPS) is 11.2. The van der Waals surface area contributed by atoms with Crippen LogP contribution in [0.2, 0.25) is 0 Å². The van der Waals surface area contributed by atoms with Crippen LogP contribution in [0.4, 0.5) is 0 Å². The number of hydrogen-bond donors (Lipinski definition) is 0. The third-order valence-corrected chi connectivity index (χ3v) is 4.20.